The van der Waals surface area contributed by atoms with Crippen LogP contribution in [0, 0.1) is 0 Å². The summed E-state index contributed by atoms with van der Waals surface area (Å²) in [6.45, 7) is -3.35. The lowest BCUT2D eigenvalue weighted by Gasteiger charge is -2.11. The average molecular weight is 395 g/mol. The maximum atomic E-state index is 13.4. The Morgan fingerprint density at radius 1 is 1.19 bits per heavy atom. The van der Waals surface area contributed by atoms with Gasteiger partial charge in [-0.05, 0) is 24.3 Å². The minimum atomic E-state index is -3.61. The number of nitrogens with one attached hydrogen (secondary N) is 1. The third kappa shape index (κ3) is 4.22. The molecule has 0 amide bonds. The van der Waals surface area contributed by atoms with Gasteiger partial charge in [0.15, 0.2) is 5.82 Å². The van der Waals surface area contributed by atoms with Crippen molar-refractivity contribution in [3.8, 4) is 0 Å². The van der Waals surface area contributed by atoms with Gasteiger partial charge in [-0.3, -0.25) is 9.29 Å². The molecule has 0 aliphatic carbocycles. The Morgan fingerprint density at radius 3 is 2.56 bits per heavy atom. The van der Waals surface area contributed by atoms with Crippen molar-refractivity contribution in [1.29, 1.82) is 0 Å². The summed E-state index contributed by atoms with van der Waals surface area (Å²) in [5.41, 5.74) is 0.565. The van der Waals surface area contributed by atoms with Crippen LogP contribution < -0.4 is 4.72 Å². The van der Waals surface area contributed by atoms with Crippen molar-refractivity contribution in [2.75, 3.05) is 11.0 Å². The van der Waals surface area contributed by atoms with E-state index in [1.54, 1.807) is 24.3 Å². The van der Waals surface area contributed by atoms with Crippen LogP contribution in [-0.4, -0.2) is 30.2 Å². The molecule has 0 atom stereocenters. The van der Waals surface area contributed by atoms with Gasteiger partial charge >= 0.3 is 12.5 Å². The summed E-state index contributed by atoms with van der Waals surface area (Å²) in [5.74, 6) is -0.984. The zero-order valence-corrected chi connectivity index (χ0v) is 14.9. The number of alkyl halides is 2. The van der Waals surface area contributed by atoms with E-state index in [-0.39, 0.29) is 22.6 Å². The summed E-state index contributed by atoms with van der Waals surface area (Å²) in [4.78, 5) is 16.4. The molecular weight excluding hydrogens is 380 g/mol. The zero-order valence-electron chi connectivity index (χ0n) is 14.1. The smallest absolute Gasteiger partial charge is 0.340 e. The number of imidazole rings is 1. The molecule has 0 aliphatic rings. The van der Waals surface area contributed by atoms with Crippen molar-refractivity contribution >= 4 is 32.7 Å². The van der Waals surface area contributed by atoms with E-state index >= 15 is 0 Å². The van der Waals surface area contributed by atoms with Crippen molar-refractivity contribution in [3.63, 3.8) is 0 Å². The van der Waals surface area contributed by atoms with E-state index in [0.717, 1.165) is 6.26 Å². The third-order valence-electron chi connectivity index (χ3n) is 3.64. The number of carbonyl (C=O) groups excluding carboxylic acids is 1. The second-order valence-electron chi connectivity index (χ2n) is 5.66. The molecule has 142 valence electrons. The van der Waals surface area contributed by atoms with E-state index in [4.69, 9.17) is 4.74 Å². The summed E-state index contributed by atoms with van der Waals surface area (Å²) in [6.07, 6.45) is 0.945. The molecule has 0 saturated carbocycles. The number of fused-ring (bicyclic) bond motifs is 1. The van der Waals surface area contributed by atoms with E-state index in [0.29, 0.717) is 10.1 Å². The van der Waals surface area contributed by atoms with Gasteiger partial charge in [0.05, 0.1) is 28.5 Å². The largest absolute Gasteiger partial charge is 0.454 e. The lowest BCUT2D eigenvalue weighted by atomic mass is 10.2. The number of nitrogens with zero attached hydrogens (tertiary/aromatic N) is 2. The molecular formula is C17H15F2N3O4S. The number of esters is 1. The maximum Gasteiger partial charge on any atom is 0.340 e. The predicted molar refractivity (Wildman–Crippen MR) is 95.0 cm³/mol. The first kappa shape index (κ1) is 18.8. The van der Waals surface area contributed by atoms with Crippen LogP contribution in [-0.2, 0) is 21.4 Å². The Kier molecular flexibility index (Phi) is 5.08. The molecule has 0 spiro atoms. The number of sulfonamides is 1. The average Bonchev–Trinajstić information content (AvgIpc) is 2.97. The second kappa shape index (κ2) is 7.31. The van der Waals surface area contributed by atoms with Gasteiger partial charge in [0.2, 0.25) is 10.0 Å². The fraction of sp³-hybridized carbons (Fsp3) is 0.176. The highest BCUT2D eigenvalue weighted by Gasteiger charge is 2.20. The number of carbonyl (C=O) groups is 1. The van der Waals surface area contributed by atoms with Crippen LogP contribution in [0.25, 0.3) is 11.0 Å². The Hall–Kier alpha value is -3.01. The van der Waals surface area contributed by atoms with E-state index < -0.39 is 29.1 Å². The molecule has 7 nitrogen and oxygen atoms in total. The highest BCUT2D eigenvalue weighted by Crippen LogP contribution is 2.24. The summed E-state index contributed by atoms with van der Waals surface area (Å²) in [6, 6.07) is 12.2. The zero-order chi connectivity index (χ0) is 19.6. The maximum absolute atomic E-state index is 13.4. The van der Waals surface area contributed by atoms with Crippen molar-refractivity contribution in [2.45, 2.75) is 13.2 Å². The Labute approximate surface area is 153 Å². The SMILES string of the molecule is CS(=O)(=O)Nc1ccccc1C(=O)OCc1nc2ccccc2n1C(F)F. The fourth-order valence-electron chi connectivity index (χ4n) is 2.57. The standard InChI is InChI=1S/C17H15F2N3O4S/c1-27(24,25)21-12-7-3-2-6-11(12)16(23)26-10-15-20-13-8-4-5-9-14(13)22(15)17(18)19/h2-9,17,21H,10H2,1H3. The summed E-state index contributed by atoms with van der Waals surface area (Å²) in [5, 5.41) is 0. The van der Waals surface area contributed by atoms with Gasteiger partial charge in [-0.15, -0.1) is 0 Å². The van der Waals surface area contributed by atoms with E-state index in [9.17, 15) is 22.0 Å². The quantitative estimate of drug-likeness (QED) is 0.648. The number of aromatic nitrogens is 2. The highest BCUT2D eigenvalue weighted by atomic mass is 32.2. The van der Waals surface area contributed by atoms with Crippen molar-refractivity contribution in [3.05, 3.63) is 59.9 Å². The predicted octanol–water partition coefficient (Wildman–Crippen LogP) is 3.16. The Balaban J connectivity index is 1.85. The van der Waals surface area contributed by atoms with Crippen molar-refractivity contribution < 1.29 is 26.7 Å². The number of anilines is 1. The van der Waals surface area contributed by atoms with Gasteiger partial charge in [0, 0.05) is 0 Å². The van der Waals surface area contributed by atoms with Crippen molar-refractivity contribution in [2.24, 2.45) is 0 Å². The first-order chi connectivity index (χ1) is 12.8. The number of rotatable bonds is 6. The topological polar surface area (TPSA) is 90.3 Å². The normalized spacial score (nSPS) is 11.7. The lowest BCUT2D eigenvalue weighted by Crippen LogP contribution is -2.15. The van der Waals surface area contributed by atoms with Crippen LogP contribution >= 0.6 is 0 Å². The minimum absolute atomic E-state index is 0.0346. The molecule has 2 aromatic carbocycles. The van der Waals surface area contributed by atoms with Gasteiger partial charge in [0.25, 0.3) is 0 Å². The first-order valence-corrected chi connectivity index (χ1v) is 9.63. The van der Waals surface area contributed by atoms with Gasteiger partial charge < -0.3 is 4.74 Å². The summed E-state index contributed by atoms with van der Waals surface area (Å²) < 4.78 is 57.6. The Morgan fingerprint density at radius 2 is 1.85 bits per heavy atom. The van der Waals surface area contributed by atoms with Crippen molar-refractivity contribution in [1.82, 2.24) is 9.55 Å². The fourth-order valence-corrected chi connectivity index (χ4v) is 3.15. The third-order valence-corrected chi connectivity index (χ3v) is 4.23. The van der Waals surface area contributed by atoms with Crippen LogP contribution in [0.3, 0.4) is 0 Å². The number of para-hydroxylation sites is 3. The molecule has 3 aromatic rings. The molecule has 0 fully saturated rings. The van der Waals surface area contributed by atoms with E-state index in [1.165, 1.54) is 24.3 Å². The molecule has 3 rings (SSSR count). The van der Waals surface area contributed by atoms with Crippen LogP contribution in [0.1, 0.15) is 22.7 Å². The Bertz CT molecular complexity index is 1100. The highest BCUT2D eigenvalue weighted by molar-refractivity contribution is 7.92. The van der Waals surface area contributed by atoms with Crippen LogP contribution in [0.4, 0.5) is 14.5 Å². The molecule has 1 aromatic heterocycles. The molecule has 0 radical (unpaired) electrons. The molecule has 0 bridgehead atoms. The summed E-state index contributed by atoms with van der Waals surface area (Å²) in [7, 11) is -3.61. The second-order valence-corrected chi connectivity index (χ2v) is 7.41. The molecule has 0 unspecified atom stereocenters. The molecule has 1 N–H and O–H groups in total. The lowest BCUT2D eigenvalue weighted by molar-refractivity contribution is 0.0388. The molecule has 0 saturated heterocycles. The van der Waals surface area contributed by atoms with Gasteiger partial charge in [-0.1, -0.05) is 24.3 Å². The molecule has 1 heterocycles. The van der Waals surface area contributed by atoms with Gasteiger partial charge in [-0.2, -0.15) is 8.78 Å². The minimum Gasteiger partial charge on any atom is -0.454 e. The van der Waals surface area contributed by atoms with Crippen LogP contribution in [0.2, 0.25) is 0 Å². The number of halogens is 2. The number of hydrogen-bond acceptors (Lipinski definition) is 5. The van der Waals surface area contributed by atoms with Crippen LogP contribution in [0.15, 0.2) is 48.5 Å². The molecule has 27 heavy (non-hydrogen) atoms. The van der Waals surface area contributed by atoms with E-state index in [2.05, 4.69) is 9.71 Å². The number of benzene rings is 2. The molecule has 10 heteroatoms. The van der Waals surface area contributed by atoms with Gasteiger partial charge in [-0.25, -0.2) is 18.2 Å². The van der Waals surface area contributed by atoms with E-state index in [1.807, 2.05) is 0 Å². The number of ether oxygens (including phenoxy) is 1. The first-order valence-electron chi connectivity index (χ1n) is 7.74. The molecule has 0 aliphatic heterocycles. The summed E-state index contributed by atoms with van der Waals surface area (Å²) >= 11 is 0. The van der Waals surface area contributed by atoms with Crippen LogP contribution in [0.5, 0.6) is 0 Å². The monoisotopic (exact) mass is 395 g/mol. The van der Waals surface area contributed by atoms with Gasteiger partial charge in [0.1, 0.15) is 6.61 Å². The number of hydrogen-bond donors (Lipinski definition) is 1.